The van der Waals surface area contributed by atoms with E-state index in [1.54, 1.807) is 0 Å². The topological polar surface area (TPSA) is 29.9 Å². The smallest absolute Gasteiger partial charge is 0.0537 e. The van der Waals surface area contributed by atoms with Crippen LogP contribution in [0.2, 0.25) is 0 Å². The van der Waals surface area contributed by atoms with Gasteiger partial charge in [0.2, 0.25) is 0 Å². The van der Waals surface area contributed by atoms with E-state index in [0.717, 1.165) is 6.54 Å². The number of aromatic nitrogens is 2. The van der Waals surface area contributed by atoms with Gasteiger partial charge < -0.3 is 5.32 Å². The fourth-order valence-corrected chi connectivity index (χ4v) is 0.908. The number of nitrogens with one attached hydrogen (secondary N) is 1. The zero-order chi connectivity index (χ0) is 7.56. The second-order valence-corrected chi connectivity index (χ2v) is 2.41. The molecule has 1 N–H and O–H groups in total. The Kier molecular flexibility index (Phi) is 7.48. The van der Waals surface area contributed by atoms with Crippen molar-refractivity contribution in [1.82, 2.24) is 15.1 Å². The van der Waals surface area contributed by atoms with Gasteiger partial charge in [-0.2, -0.15) is 5.10 Å². The van der Waals surface area contributed by atoms with E-state index in [1.165, 1.54) is 11.3 Å². The third-order valence-electron chi connectivity index (χ3n) is 1.70. The maximum absolute atomic E-state index is 4.11. The van der Waals surface area contributed by atoms with Crippen LogP contribution in [0.4, 0.5) is 0 Å². The van der Waals surface area contributed by atoms with Gasteiger partial charge in [-0.1, -0.05) is 0 Å². The van der Waals surface area contributed by atoms with Crippen LogP contribution in [0.5, 0.6) is 0 Å². The van der Waals surface area contributed by atoms with Gasteiger partial charge in [0.15, 0.2) is 0 Å². The molecule has 1 aromatic heterocycles. The van der Waals surface area contributed by atoms with Crippen molar-refractivity contribution in [2.75, 3.05) is 7.05 Å². The first kappa shape index (κ1) is 14.3. The largest absolute Gasteiger partial charge is 0.316 e. The highest BCUT2D eigenvalue weighted by molar-refractivity contribution is 5.85. The standard InChI is InChI=1S/C7H13N3.2ClH/c1-6-7(4-8-2)5-9-10(6)3;;/h5,8H,4H2,1-3H3;2*1H. The molecule has 12 heavy (non-hydrogen) atoms. The summed E-state index contributed by atoms with van der Waals surface area (Å²) in [5.41, 5.74) is 2.50. The molecule has 0 unspecified atom stereocenters. The fourth-order valence-electron chi connectivity index (χ4n) is 0.908. The molecule has 0 fully saturated rings. The van der Waals surface area contributed by atoms with Gasteiger partial charge in [-0.3, -0.25) is 4.68 Å². The lowest BCUT2D eigenvalue weighted by Gasteiger charge is -1.97. The van der Waals surface area contributed by atoms with Crippen LogP contribution in [0, 0.1) is 6.92 Å². The molecule has 5 heteroatoms. The summed E-state index contributed by atoms with van der Waals surface area (Å²) in [6.07, 6.45) is 1.89. The highest BCUT2D eigenvalue weighted by atomic mass is 35.5. The molecule has 0 aromatic carbocycles. The number of hydrogen-bond donors (Lipinski definition) is 1. The van der Waals surface area contributed by atoms with Crippen LogP contribution in [0.1, 0.15) is 11.3 Å². The van der Waals surface area contributed by atoms with Crippen molar-refractivity contribution in [2.45, 2.75) is 13.5 Å². The van der Waals surface area contributed by atoms with Crippen LogP contribution in [-0.2, 0) is 13.6 Å². The highest BCUT2D eigenvalue weighted by Gasteiger charge is 1.99. The zero-order valence-electron chi connectivity index (χ0n) is 7.50. The predicted octanol–water partition coefficient (Wildman–Crippen LogP) is 1.29. The highest BCUT2D eigenvalue weighted by Crippen LogP contribution is 2.03. The molecule has 0 aliphatic carbocycles. The zero-order valence-corrected chi connectivity index (χ0v) is 9.13. The molecule has 1 aromatic rings. The van der Waals surface area contributed by atoms with E-state index in [-0.39, 0.29) is 24.8 Å². The number of nitrogens with zero attached hydrogens (tertiary/aromatic N) is 2. The molecular formula is C7H15Cl2N3. The Labute approximate surface area is 85.4 Å². The summed E-state index contributed by atoms with van der Waals surface area (Å²) in [5.74, 6) is 0. The van der Waals surface area contributed by atoms with Crippen molar-refractivity contribution >= 4 is 24.8 Å². The van der Waals surface area contributed by atoms with Crippen molar-refractivity contribution in [3.63, 3.8) is 0 Å². The summed E-state index contributed by atoms with van der Waals surface area (Å²) in [5, 5.41) is 7.20. The Hall–Kier alpha value is -0.250. The minimum absolute atomic E-state index is 0. The lowest BCUT2D eigenvalue weighted by molar-refractivity contribution is 0.733. The third-order valence-corrected chi connectivity index (χ3v) is 1.70. The van der Waals surface area contributed by atoms with Gasteiger partial charge in [0, 0.05) is 24.8 Å². The SMILES string of the molecule is CNCc1cnn(C)c1C.Cl.Cl. The molecule has 3 nitrogen and oxygen atoms in total. The van der Waals surface area contributed by atoms with Gasteiger partial charge in [0.1, 0.15) is 0 Å². The van der Waals surface area contributed by atoms with E-state index >= 15 is 0 Å². The summed E-state index contributed by atoms with van der Waals surface area (Å²) >= 11 is 0. The maximum atomic E-state index is 4.11. The molecule has 0 spiro atoms. The molecule has 0 aliphatic heterocycles. The van der Waals surface area contributed by atoms with E-state index < -0.39 is 0 Å². The molecule has 1 heterocycles. The lowest BCUT2D eigenvalue weighted by Crippen LogP contribution is -2.05. The normalized spacial score (nSPS) is 8.58. The summed E-state index contributed by atoms with van der Waals surface area (Å²) in [6.45, 7) is 2.97. The van der Waals surface area contributed by atoms with Crippen LogP contribution in [0.25, 0.3) is 0 Å². The predicted molar refractivity (Wildman–Crippen MR) is 55.2 cm³/mol. The van der Waals surface area contributed by atoms with Crippen LogP contribution in [0.15, 0.2) is 6.20 Å². The van der Waals surface area contributed by atoms with Crippen molar-refractivity contribution < 1.29 is 0 Å². The first-order valence-electron chi connectivity index (χ1n) is 3.37. The third kappa shape index (κ3) is 3.01. The van der Waals surface area contributed by atoms with Crippen LogP contribution < -0.4 is 5.32 Å². The van der Waals surface area contributed by atoms with Crippen molar-refractivity contribution in [3.8, 4) is 0 Å². The Balaban J connectivity index is 0. The molecule has 0 atom stereocenters. The van der Waals surface area contributed by atoms with E-state index in [0.29, 0.717) is 0 Å². The van der Waals surface area contributed by atoms with Crippen LogP contribution in [-0.4, -0.2) is 16.8 Å². The Morgan fingerprint density at radius 1 is 1.50 bits per heavy atom. The van der Waals surface area contributed by atoms with Crippen LogP contribution in [0.3, 0.4) is 0 Å². The summed E-state index contributed by atoms with van der Waals surface area (Å²) in [4.78, 5) is 0. The quantitative estimate of drug-likeness (QED) is 0.800. The van der Waals surface area contributed by atoms with Gasteiger partial charge in [0.05, 0.1) is 6.20 Å². The minimum atomic E-state index is 0. The van der Waals surface area contributed by atoms with Gasteiger partial charge in [-0.15, -0.1) is 24.8 Å². The molecule has 0 bridgehead atoms. The average molecular weight is 212 g/mol. The summed E-state index contributed by atoms with van der Waals surface area (Å²) < 4.78 is 1.88. The van der Waals surface area contributed by atoms with Gasteiger partial charge in [0.25, 0.3) is 0 Å². The van der Waals surface area contributed by atoms with E-state index in [1.807, 2.05) is 25.0 Å². The molecule has 0 aliphatic rings. The molecular weight excluding hydrogens is 197 g/mol. The average Bonchev–Trinajstić information content (AvgIpc) is 2.20. The van der Waals surface area contributed by atoms with E-state index in [4.69, 9.17) is 0 Å². The number of aryl methyl sites for hydroxylation is 1. The van der Waals surface area contributed by atoms with Crippen molar-refractivity contribution in [2.24, 2.45) is 7.05 Å². The van der Waals surface area contributed by atoms with Gasteiger partial charge >= 0.3 is 0 Å². The fraction of sp³-hybridized carbons (Fsp3) is 0.571. The maximum Gasteiger partial charge on any atom is 0.0537 e. The van der Waals surface area contributed by atoms with Gasteiger partial charge in [-0.05, 0) is 14.0 Å². The molecule has 72 valence electrons. The first-order chi connectivity index (χ1) is 4.75. The summed E-state index contributed by atoms with van der Waals surface area (Å²) in [7, 11) is 3.89. The molecule has 0 saturated carbocycles. The number of rotatable bonds is 2. The second-order valence-electron chi connectivity index (χ2n) is 2.41. The lowest BCUT2D eigenvalue weighted by atomic mass is 10.3. The van der Waals surface area contributed by atoms with E-state index in [2.05, 4.69) is 17.3 Å². The molecule has 0 radical (unpaired) electrons. The van der Waals surface area contributed by atoms with Crippen molar-refractivity contribution in [3.05, 3.63) is 17.5 Å². The Morgan fingerprint density at radius 3 is 2.42 bits per heavy atom. The van der Waals surface area contributed by atoms with Crippen molar-refractivity contribution in [1.29, 1.82) is 0 Å². The summed E-state index contributed by atoms with van der Waals surface area (Å²) in [6, 6.07) is 0. The Morgan fingerprint density at radius 2 is 2.08 bits per heavy atom. The minimum Gasteiger partial charge on any atom is -0.316 e. The van der Waals surface area contributed by atoms with E-state index in [9.17, 15) is 0 Å². The Bertz CT molecular complexity index is 222. The molecule has 0 amide bonds. The van der Waals surface area contributed by atoms with Crippen LogP contribution >= 0.6 is 24.8 Å². The monoisotopic (exact) mass is 211 g/mol. The number of halogens is 2. The second kappa shape index (κ2) is 6.29. The first-order valence-corrected chi connectivity index (χ1v) is 3.37. The molecule has 1 rings (SSSR count). The van der Waals surface area contributed by atoms with Gasteiger partial charge in [-0.25, -0.2) is 0 Å². The molecule has 0 saturated heterocycles. The number of hydrogen-bond acceptors (Lipinski definition) is 2.